The molecule has 0 unspecified atom stereocenters. The molecule has 0 spiro atoms. The Morgan fingerprint density at radius 3 is 3.00 bits per heavy atom. The van der Waals surface area contributed by atoms with Crippen LogP contribution in [0, 0.1) is 0 Å². The predicted octanol–water partition coefficient (Wildman–Crippen LogP) is 0.435. The number of fused-ring (bicyclic) bond motifs is 1. The topological polar surface area (TPSA) is 66.9 Å². The van der Waals surface area contributed by atoms with Gasteiger partial charge in [0, 0.05) is 12.7 Å². The molecule has 1 amide bonds. The number of hydrogen-bond donors (Lipinski definition) is 2. The molecule has 0 aliphatic carbocycles. The van der Waals surface area contributed by atoms with Crippen LogP contribution in [0.15, 0.2) is 23.0 Å². The van der Waals surface area contributed by atoms with E-state index < -0.39 is 0 Å². The fourth-order valence-electron chi connectivity index (χ4n) is 1.38. The Bertz CT molecular complexity index is 538. The van der Waals surface area contributed by atoms with Gasteiger partial charge in [-0.05, 0) is 18.2 Å². The summed E-state index contributed by atoms with van der Waals surface area (Å²) in [5.41, 5.74) is 2.03. The maximum Gasteiger partial charge on any atom is 0.326 e. The van der Waals surface area contributed by atoms with Crippen molar-refractivity contribution in [3.63, 3.8) is 0 Å². The summed E-state index contributed by atoms with van der Waals surface area (Å²) in [6, 6.07) is 5.22. The number of nitrogens with zero attached hydrogens (tertiary/aromatic N) is 1. The summed E-state index contributed by atoms with van der Waals surface area (Å²) in [6.07, 6.45) is 0.603. The second-order valence-corrected chi connectivity index (χ2v) is 2.98. The van der Waals surface area contributed by atoms with E-state index in [2.05, 4.69) is 10.3 Å². The van der Waals surface area contributed by atoms with Gasteiger partial charge in [-0.1, -0.05) is 0 Å². The van der Waals surface area contributed by atoms with Crippen molar-refractivity contribution in [2.75, 3.05) is 5.32 Å². The van der Waals surface area contributed by atoms with E-state index in [1.807, 2.05) is 0 Å². The van der Waals surface area contributed by atoms with Gasteiger partial charge < -0.3 is 10.3 Å². The Hall–Kier alpha value is -2.04. The maximum absolute atomic E-state index is 11.2. The summed E-state index contributed by atoms with van der Waals surface area (Å²) in [4.78, 5) is 24.1. The molecule has 0 aliphatic heterocycles. The lowest BCUT2D eigenvalue weighted by atomic mass is 10.3. The lowest BCUT2D eigenvalue weighted by molar-refractivity contribution is -0.105. The van der Waals surface area contributed by atoms with Crippen molar-refractivity contribution < 1.29 is 4.79 Å². The Morgan fingerprint density at radius 1 is 1.50 bits per heavy atom. The number of benzene rings is 1. The van der Waals surface area contributed by atoms with Crippen molar-refractivity contribution in [3.8, 4) is 0 Å². The number of aryl methyl sites for hydroxylation is 1. The summed E-state index contributed by atoms with van der Waals surface area (Å²) in [7, 11) is 1.67. The van der Waals surface area contributed by atoms with E-state index in [0.29, 0.717) is 12.1 Å². The Labute approximate surface area is 79.4 Å². The zero-order chi connectivity index (χ0) is 10.1. The molecule has 0 aliphatic rings. The molecule has 1 heterocycles. The zero-order valence-electron chi connectivity index (χ0n) is 7.57. The van der Waals surface area contributed by atoms with E-state index in [4.69, 9.17) is 0 Å². The number of aromatic nitrogens is 2. The highest BCUT2D eigenvalue weighted by Crippen LogP contribution is 2.15. The van der Waals surface area contributed by atoms with Crippen LogP contribution in [0.5, 0.6) is 0 Å². The monoisotopic (exact) mass is 191 g/mol. The molecule has 0 radical (unpaired) electrons. The van der Waals surface area contributed by atoms with Gasteiger partial charge in [-0.25, -0.2) is 4.79 Å². The van der Waals surface area contributed by atoms with Crippen LogP contribution in [0.4, 0.5) is 5.69 Å². The second-order valence-electron chi connectivity index (χ2n) is 2.98. The molecule has 1 aromatic carbocycles. The van der Waals surface area contributed by atoms with Crippen molar-refractivity contribution in [2.45, 2.75) is 0 Å². The highest BCUT2D eigenvalue weighted by atomic mass is 16.1. The number of anilines is 1. The van der Waals surface area contributed by atoms with E-state index in [1.165, 1.54) is 4.57 Å². The third-order valence-electron chi connectivity index (χ3n) is 2.13. The smallest absolute Gasteiger partial charge is 0.326 e. The maximum atomic E-state index is 11.2. The fourth-order valence-corrected chi connectivity index (χ4v) is 1.38. The van der Waals surface area contributed by atoms with Crippen molar-refractivity contribution in [3.05, 3.63) is 28.7 Å². The summed E-state index contributed by atoms with van der Waals surface area (Å²) in [5.74, 6) is 0. The zero-order valence-corrected chi connectivity index (χ0v) is 7.57. The van der Waals surface area contributed by atoms with Crippen LogP contribution in [0.2, 0.25) is 0 Å². The van der Waals surface area contributed by atoms with Crippen LogP contribution in [0.3, 0.4) is 0 Å². The Balaban J connectivity index is 2.69. The minimum absolute atomic E-state index is 0.164. The second kappa shape index (κ2) is 3.02. The molecule has 2 rings (SSSR count). The number of hydrogen-bond acceptors (Lipinski definition) is 2. The highest BCUT2D eigenvalue weighted by Gasteiger charge is 2.02. The van der Waals surface area contributed by atoms with Crippen LogP contribution in [-0.2, 0) is 11.8 Å². The fraction of sp³-hybridized carbons (Fsp3) is 0.111. The molecule has 0 saturated heterocycles. The van der Waals surface area contributed by atoms with E-state index in [1.54, 1.807) is 25.2 Å². The normalized spacial score (nSPS) is 10.4. The first-order valence-electron chi connectivity index (χ1n) is 4.11. The summed E-state index contributed by atoms with van der Waals surface area (Å²) >= 11 is 0. The van der Waals surface area contributed by atoms with E-state index >= 15 is 0 Å². The molecule has 0 fully saturated rings. The van der Waals surface area contributed by atoms with Gasteiger partial charge >= 0.3 is 5.69 Å². The number of H-pyrrole nitrogens is 1. The molecule has 2 N–H and O–H groups in total. The molecule has 14 heavy (non-hydrogen) atoms. The molecular weight excluding hydrogens is 182 g/mol. The lowest BCUT2D eigenvalue weighted by Crippen LogP contribution is -2.11. The minimum Gasteiger partial charge on any atom is -0.329 e. The van der Waals surface area contributed by atoms with Crippen molar-refractivity contribution in [1.29, 1.82) is 0 Å². The first-order chi connectivity index (χ1) is 6.72. The van der Waals surface area contributed by atoms with Crippen LogP contribution in [0.25, 0.3) is 11.0 Å². The highest BCUT2D eigenvalue weighted by molar-refractivity contribution is 5.83. The quantitative estimate of drug-likeness (QED) is 0.676. The third kappa shape index (κ3) is 1.19. The molecule has 5 heteroatoms. The standard InChI is InChI=1S/C9H9N3O2/c1-12-8-4-6(10-5-13)2-3-7(8)11-9(12)14/h2-5H,1H3,(H,10,13)(H,11,14). The number of rotatable bonds is 2. The van der Waals surface area contributed by atoms with E-state index in [9.17, 15) is 9.59 Å². The molecule has 0 bridgehead atoms. The SMILES string of the molecule is Cn1c(=O)[nH]c2ccc(NC=O)cc21. The summed E-state index contributed by atoms with van der Waals surface area (Å²) in [5, 5.41) is 2.53. The lowest BCUT2D eigenvalue weighted by Gasteiger charge is -1.98. The van der Waals surface area contributed by atoms with Gasteiger partial charge in [0.15, 0.2) is 0 Å². The van der Waals surface area contributed by atoms with Gasteiger partial charge in [0.1, 0.15) is 0 Å². The molecule has 5 nitrogen and oxygen atoms in total. The summed E-state index contributed by atoms with van der Waals surface area (Å²) < 4.78 is 1.49. The van der Waals surface area contributed by atoms with Gasteiger partial charge in [-0.2, -0.15) is 0 Å². The number of amides is 1. The van der Waals surface area contributed by atoms with Crippen molar-refractivity contribution in [2.24, 2.45) is 7.05 Å². The number of aromatic amines is 1. The first-order valence-corrected chi connectivity index (χ1v) is 4.11. The number of carbonyl (C=O) groups excluding carboxylic acids is 1. The average Bonchev–Trinajstić information content (AvgIpc) is 2.45. The molecule has 1 aromatic heterocycles. The number of carbonyl (C=O) groups is 1. The minimum atomic E-state index is -0.164. The van der Waals surface area contributed by atoms with Gasteiger partial charge in [0.25, 0.3) is 0 Å². The third-order valence-corrected chi connectivity index (χ3v) is 2.13. The number of imidazole rings is 1. The molecular formula is C9H9N3O2. The summed E-state index contributed by atoms with van der Waals surface area (Å²) in [6.45, 7) is 0. The largest absolute Gasteiger partial charge is 0.329 e. The predicted molar refractivity (Wildman–Crippen MR) is 53.2 cm³/mol. The average molecular weight is 191 g/mol. The van der Waals surface area contributed by atoms with E-state index in [-0.39, 0.29) is 5.69 Å². The van der Waals surface area contributed by atoms with Gasteiger partial charge in [-0.15, -0.1) is 0 Å². The van der Waals surface area contributed by atoms with Gasteiger partial charge in [0.2, 0.25) is 6.41 Å². The molecule has 0 atom stereocenters. The van der Waals surface area contributed by atoms with Crippen LogP contribution in [-0.4, -0.2) is 16.0 Å². The van der Waals surface area contributed by atoms with Crippen LogP contribution >= 0.6 is 0 Å². The first kappa shape index (κ1) is 8.55. The van der Waals surface area contributed by atoms with Gasteiger partial charge in [0.05, 0.1) is 11.0 Å². The van der Waals surface area contributed by atoms with Gasteiger partial charge in [-0.3, -0.25) is 9.36 Å². The molecule has 2 aromatic rings. The Kier molecular flexibility index (Phi) is 1.85. The number of nitrogens with one attached hydrogen (secondary N) is 2. The molecule has 72 valence electrons. The van der Waals surface area contributed by atoms with E-state index in [0.717, 1.165) is 11.0 Å². The van der Waals surface area contributed by atoms with Crippen molar-refractivity contribution >= 4 is 23.1 Å². The van der Waals surface area contributed by atoms with Crippen LogP contribution in [0.1, 0.15) is 0 Å². The molecule has 0 saturated carbocycles. The Morgan fingerprint density at radius 2 is 2.29 bits per heavy atom. The van der Waals surface area contributed by atoms with Crippen molar-refractivity contribution in [1.82, 2.24) is 9.55 Å². The van der Waals surface area contributed by atoms with Crippen LogP contribution < -0.4 is 11.0 Å².